The number of hydrogen-bond donors (Lipinski definition) is 3. The number of rotatable bonds is 9. The number of aromatic amines is 1. The molecular formula is C30H41ClN4O4. The average Bonchev–Trinajstić information content (AvgIpc) is 3.69. The molecule has 3 N–H and O–H groups in total. The Kier molecular flexibility index (Phi) is 8.96. The lowest BCUT2D eigenvalue weighted by Gasteiger charge is -2.36. The van der Waals surface area contributed by atoms with E-state index in [4.69, 9.17) is 21.1 Å². The molecule has 0 bridgehead atoms. The summed E-state index contributed by atoms with van der Waals surface area (Å²) in [6.45, 7) is 10.9. The van der Waals surface area contributed by atoms with Crippen molar-refractivity contribution in [3.63, 3.8) is 0 Å². The summed E-state index contributed by atoms with van der Waals surface area (Å²) in [4.78, 5) is 31.3. The van der Waals surface area contributed by atoms with Gasteiger partial charge in [-0.1, -0.05) is 11.6 Å². The zero-order chi connectivity index (χ0) is 27.5. The van der Waals surface area contributed by atoms with Gasteiger partial charge >= 0.3 is 0 Å². The second-order valence-corrected chi connectivity index (χ2v) is 11.6. The maximum Gasteiger partial charge on any atom is 0.253 e. The first-order valence-corrected chi connectivity index (χ1v) is 14.7. The van der Waals surface area contributed by atoms with E-state index < -0.39 is 0 Å². The average molecular weight is 557 g/mol. The summed E-state index contributed by atoms with van der Waals surface area (Å²) in [5, 5.41) is 6.87. The molecule has 3 aliphatic rings. The minimum absolute atomic E-state index is 0.145. The van der Waals surface area contributed by atoms with Crippen molar-refractivity contribution < 1.29 is 14.3 Å². The van der Waals surface area contributed by atoms with Crippen LogP contribution >= 0.6 is 11.6 Å². The second-order valence-electron chi connectivity index (χ2n) is 11.2. The normalized spacial score (nSPS) is 23.4. The monoisotopic (exact) mass is 556 g/mol. The predicted octanol–water partition coefficient (Wildman–Crippen LogP) is 4.06. The molecule has 5 rings (SSSR count). The van der Waals surface area contributed by atoms with Crippen LogP contribution in [0.1, 0.15) is 71.3 Å². The first kappa shape index (κ1) is 28.1. The Morgan fingerprint density at radius 1 is 1.18 bits per heavy atom. The van der Waals surface area contributed by atoms with Gasteiger partial charge < -0.3 is 30.0 Å². The van der Waals surface area contributed by atoms with Crippen LogP contribution in [0.5, 0.6) is 0 Å². The van der Waals surface area contributed by atoms with Gasteiger partial charge in [0.05, 0.1) is 29.0 Å². The van der Waals surface area contributed by atoms with Gasteiger partial charge in [-0.05, 0) is 87.6 Å². The third kappa shape index (κ3) is 6.51. The number of nitrogens with zero attached hydrogens (tertiary/aromatic N) is 1. The molecule has 2 aromatic rings. The molecule has 1 aromatic heterocycles. The molecule has 3 fully saturated rings. The number of benzene rings is 1. The summed E-state index contributed by atoms with van der Waals surface area (Å²) in [6, 6.07) is 6.41. The number of ether oxygens (including phenoxy) is 2. The van der Waals surface area contributed by atoms with Crippen LogP contribution in [0.3, 0.4) is 0 Å². The lowest BCUT2D eigenvalue weighted by molar-refractivity contribution is 0.0199. The maximum absolute atomic E-state index is 13.6. The zero-order valence-electron chi connectivity index (χ0n) is 23.3. The van der Waals surface area contributed by atoms with Gasteiger partial charge in [-0.3, -0.25) is 9.59 Å². The Morgan fingerprint density at radius 2 is 1.97 bits per heavy atom. The SMILES string of the molecule is CCN(c1cc(C2CC2CC2CNCCO2)cc(C(=O)NCc2c(C)cc(C)[nH]c2=O)c1Cl)C1CCOCC1. The van der Waals surface area contributed by atoms with Gasteiger partial charge in [0.2, 0.25) is 0 Å². The molecular weight excluding hydrogens is 516 g/mol. The molecule has 3 heterocycles. The van der Waals surface area contributed by atoms with E-state index in [9.17, 15) is 9.59 Å². The Bertz CT molecular complexity index is 1240. The third-order valence-electron chi connectivity index (χ3n) is 8.44. The smallest absolute Gasteiger partial charge is 0.253 e. The molecule has 0 radical (unpaired) electrons. The van der Waals surface area contributed by atoms with Crippen molar-refractivity contribution in [2.75, 3.05) is 44.4 Å². The van der Waals surface area contributed by atoms with Crippen molar-refractivity contribution in [3.8, 4) is 0 Å². The summed E-state index contributed by atoms with van der Waals surface area (Å²) in [5.41, 5.74) is 4.58. The standard InChI is InChI=1S/C30H41ClN4O4/c1-4-35(22-5-8-38-9-6-22)27-15-21(24-13-20(24)12-23-16-32-7-10-39-23)14-25(28(27)31)29(36)33-17-26-18(2)11-19(3)34-30(26)37/h11,14-15,20,22-24,32H,4-10,12-13,16-17H2,1-3H3,(H,33,36)(H,34,37). The molecule has 1 aromatic carbocycles. The molecule has 1 amide bonds. The fraction of sp³-hybridized carbons (Fsp3) is 0.600. The Morgan fingerprint density at radius 3 is 2.67 bits per heavy atom. The van der Waals surface area contributed by atoms with Crippen LogP contribution < -0.4 is 21.1 Å². The van der Waals surface area contributed by atoms with Crippen molar-refractivity contribution in [2.24, 2.45) is 5.92 Å². The number of aromatic nitrogens is 1. The number of amides is 1. The number of morpholine rings is 1. The Hall–Kier alpha value is -2.39. The number of carbonyl (C=O) groups excluding carboxylic acids is 1. The maximum atomic E-state index is 13.6. The van der Waals surface area contributed by atoms with Crippen LogP contribution in [-0.2, 0) is 16.0 Å². The summed E-state index contributed by atoms with van der Waals surface area (Å²) in [6.07, 6.45) is 4.22. The first-order valence-electron chi connectivity index (χ1n) is 14.3. The summed E-state index contributed by atoms with van der Waals surface area (Å²) < 4.78 is 11.6. The molecule has 0 spiro atoms. The molecule has 8 nitrogen and oxygen atoms in total. The molecule has 2 aliphatic heterocycles. The Balaban J connectivity index is 1.41. The van der Waals surface area contributed by atoms with Gasteiger partial charge in [-0.15, -0.1) is 0 Å². The number of anilines is 1. The van der Waals surface area contributed by atoms with Gasteiger partial charge in [0, 0.05) is 56.7 Å². The first-order chi connectivity index (χ1) is 18.9. The van der Waals surface area contributed by atoms with Crippen molar-refractivity contribution in [1.29, 1.82) is 0 Å². The van der Waals surface area contributed by atoms with Crippen molar-refractivity contribution in [1.82, 2.24) is 15.6 Å². The van der Waals surface area contributed by atoms with E-state index in [1.165, 1.54) is 0 Å². The van der Waals surface area contributed by atoms with Crippen LogP contribution in [0.25, 0.3) is 0 Å². The van der Waals surface area contributed by atoms with Crippen molar-refractivity contribution >= 4 is 23.2 Å². The molecule has 212 valence electrons. The van der Waals surface area contributed by atoms with Crippen molar-refractivity contribution in [3.05, 3.63) is 61.5 Å². The molecule has 9 heteroatoms. The van der Waals surface area contributed by atoms with Gasteiger partial charge in [0.15, 0.2) is 0 Å². The van der Waals surface area contributed by atoms with E-state index in [-0.39, 0.29) is 24.1 Å². The predicted molar refractivity (Wildman–Crippen MR) is 154 cm³/mol. The fourth-order valence-corrected chi connectivity index (χ4v) is 6.54. The van der Waals surface area contributed by atoms with E-state index in [0.717, 1.165) is 87.6 Å². The number of halogens is 1. The number of hydrogen-bond acceptors (Lipinski definition) is 6. The number of pyridine rings is 1. The quantitative estimate of drug-likeness (QED) is 0.431. The van der Waals surface area contributed by atoms with Crippen LogP contribution in [-0.4, -0.2) is 62.5 Å². The number of nitrogens with one attached hydrogen (secondary N) is 3. The molecule has 1 aliphatic carbocycles. The fourth-order valence-electron chi connectivity index (χ4n) is 6.23. The second kappa shape index (κ2) is 12.4. The zero-order valence-corrected chi connectivity index (χ0v) is 24.0. The van der Waals surface area contributed by atoms with Gasteiger partial charge in [0.1, 0.15) is 0 Å². The number of carbonyl (C=O) groups is 1. The highest BCUT2D eigenvalue weighted by atomic mass is 35.5. The van der Waals surface area contributed by atoms with E-state index in [2.05, 4.69) is 33.5 Å². The summed E-state index contributed by atoms with van der Waals surface area (Å²) >= 11 is 7.02. The largest absolute Gasteiger partial charge is 0.381 e. The van der Waals surface area contributed by atoms with E-state index in [1.54, 1.807) is 0 Å². The highest BCUT2D eigenvalue weighted by Gasteiger charge is 2.41. The summed E-state index contributed by atoms with van der Waals surface area (Å²) in [7, 11) is 0. The lowest BCUT2D eigenvalue weighted by atomic mass is 9.99. The molecule has 3 unspecified atom stereocenters. The van der Waals surface area contributed by atoms with Crippen LogP contribution in [0.4, 0.5) is 5.69 Å². The van der Waals surface area contributed by atoms with E-state index in [0.29, 0.717) is 34.0 Å². The summed E-state index contributed by atoms with van der Waals surface area (Å²) in [5.74, 6) is 0.656. The molecule has 3 atom stereocenters. The third-order valence-corrected chi connectivity index (χ3v) is 8.84. The van der Waals surface area contributed by atoms with Gasteiger partial charge in [-0.25, -0.2) is 0 Å². The minimum Gasteiger partial charge on any atom is -0.381 e. The minimum atomic E-state index is -0.262. The topological polar surface area (TPSA) is 95.7 Å². The molecule has 2 saturated heterocycles. The van der Waals surface area contributed by atoms with Crippen LogP contribution in [0.15, 0.2) is 23.0 Å². The Labute approximate surface area is 235 Å². The van der Waals surface area contributed by atoms with Gasteiger partial charge in [-0.2, -0.15) is 0 Å². The highest BCUT2D eigenvalue weighted by molar-refractivity contribution is 6.36. The van der Waals surface area contributed by atoms with Gasteiger partial charge in [0.25, 0.3) is 11.5 Å². The highest BCUT2D eigenvalue weighted by Crippen LogP contribution is 2.52. The number of H-pyrrole nitrogens is 1. The lowest BCUT2D eigenvalue weighted by Crippen LogP contribution is -2.40. The van der Waals surface area contributed by atoms with Crippen LogP contribution in [0, 0.1) is 19.8 Å². The van der Waals surface area contributed by atoms with E-state index >= 15 is 0 Å². The van der Waals surface area contributed by atoms with E-state index in [1.807, 2.05) is 26.0 Å². The van der Waals surface area contributed by atoms with Crippen LogP contribution in [0.2, 0.25) is 5.02 Å². The molecule has 39 heavy (non-hydrogen) atoms. The number of aryl methyl sites for hydroxylation is 2. The van der Waals surface area contributed by atoms with Crippen molar-refractivity contribution in [2.45, 2.75) is 71.1 Å². The molecule has 1 saturated carbocycles.